The molecule has 0 atom stereocenters. The van der Waals surface area contributed by atoms with Crippen molar-refractivity contribution in [3.63, 3.8) is 0 Å². The van der Waals surface area contributed by atoms with Crippen LogP contribution in [0.15, 0.2) is 6.20 Å². The van der Waals surface area contributed by atoms with Gasteiger partial charge in [-0.1, -0.05) is 19.3 Å². The molecule has 1 aromatic heterocycles. The number of hydrogen-bond acceptors (Lipinski definition) is 3. The molecule has 6 heteroatoms. The van der Waals surface area contributed by atoms with Crippen LogP contribution in [-0.2, 0) is 7.05 Å². The minimum absolute atomic E-state index is 0.0502. The summed E-state index contributed by atoms with van der Waals surface area (Å²) in [6.07, 6.45) is 6.57. The van der Waals surface area contributed by atoms with Crippen molar-refractivity contribution < 1.29 is 14.7 Å². The van der Waals surface area contributed by atoms with Gasteiger partial charge in [0, 0.05) is 13.1 Å². The van der Waals surface area contributed by atoms with Crippen LogP contribution < -0.4 is 5.32 Å². The van der Waals surface area contributed by atoms with Gasteiger partial charge in [0.2, 0.25) is 0 Å². The van der Waals surface area contributed by atoms with Crippen molar-refractivity contribution in [1.29, 1.82) is 0 Å². The average Bonchev–Trinajstić information content (AvgIpc) is 2.72. The molecule has 2 N–H and O–H groups in total. The molecule has 6 nitrogen and oxygen atoms in total. The molecule has 0 aromatic carbocycles. The van der Waals surface area contributed by atoms with Gasteiger partial charge in [0.15, 0.2) is 0 Å². The highest BCUT2D eigenvalue weighted by molar-refractivity contribution is 6.03. The van der Waals surface area contributed by atoms with E-state index in [2.05, 4.69) is 10.4 Å². The van der Waals surface area contributed by atoms with E-state index in [1.165, 1.54) is 17.3 Å². The number of nitrogens with zero attached hydrogens (tertiary/aromatic N) is 2. The largest absolute Gasteiger partial charge is 0.478 e. The summed E-state index contributed by atoms with van der Waals surface area (Å²) in [7, 11) is 1.57. The van der Waals surface area contributed by atoms with Gasteiger partial charge in [-0.2, -0.15) is 5.10 Å². The second-order valence-electron chi connectivity index (χ2n) is 4.64. The number of aromatic carboxylic acids is 1. The van der Waals surface area contributed by atoms with Crippen molar-refractivity contribution in [1.82, 2.24) is 15.1 Å². The molecule has 0 saturated heterocycles. The van der Waals surface area contributed by atoms with Crippen LogP contribution in [0.4, 0.5) is 0 Å². The Balaban J connectivity index is 2.12. The second kappa shape index (κ2) is 5.20. The summed E-state index contributed by atoms with van der Waals surface area (Å²) in [5.74, 6) is -1.48. The molecule has 1 aromatic rings. The van der Waals surface area contributed by atoms with Gasteiger partial charge in [0.1, 0.15) is 11.3 Å². The molecule has 0 bridgehead atoms. The van der Waals surface area contributed by atoms with Crippen molar-refractivity contribution >= 4 is 11.9 Å². The summed E-state index contributed by atoms with van der Waals surface area (Å²) in [5, 5.41) is 15.7. The maximum absolute atomic E-state index is 12.1. The van der Waals surface area contributed by atoms with Crippen molar-refractivity contribution in [2.45, 2.75) is 38.1 Å². The number of hydrogen-bond donors (Lipinski definition) is 2. The van der Waals surface area contributed by atoms with Crippen LogP contribution in [0.25, 0.3) is 0 Å². The highest BCUT2D eigenvalue weighted by Crippen LogP contribution is 2.18. The maximum Gasteiger partial charge on any atom is 0.339 e. The van der Waals surface area contributed by atoms with Gasteiger partial charge in [-0.25, -0.2) is 4.79 Å². The van der Waals surface area contributed by atoms with E-state index in [9.17, 15) is 9.59 Å². The van der Waals surface area contributed by atoms with E-state index in [1.807, 2.05) is 0 Å². The zero-order valence-electron chi connectivity index (χ0n) is 10.3. The van der Waals surface area contributed by atoms with Crippen LogP contribution in [0, 0.1) is 0 Å². The van der Waals surface area contributed by atoms with Gasteiger partial charge >= 0.3 is 5.97 Å². The Hall–Kier alpha value is -1.85. The number of amides is 1. The fraction of sp³-hybridized carbons (Fsp3) is 0.583. The Labute approximate surface area is 105 Å². The molecule has 1 amide bonds. The lowest BCUT2D eigenvalue weighted by Crippen LogP contribution is -2.37. The third-order valence-electron chi connectivity index (χ3n) is 3.32. The first-order valence-corrected chi connectivity index (χ1v) is 6.15. The summed E-state index contributed by atoms with van der Waals surface area (Å²) in [6.45, 7) is 0. The smallest absolute Gasteiger partial charge is 0.339 e. The SMILES string of the molecule is Cn1ncc(C(=O)O)c1C(=O)NC1CCCCC1. The molecule has 1 fully saturated rings. The summed E-state index contributed by atoms with van der Waals surface area (Å²) in [4.78, 5) is 23.1. The molecule has 1 heterocycles. The lowest BCUT2D eigenvalue weighted by molar-refractivity contribution is 0.0689. The molecular weight excluding hydrogens is 234 g/mol. The lowest BCUT2D eigenvalue weighted by atomic mass is 9.95. The zero-order chi connectivity index (χ0) is 13.1. The summed E-state index contributed by atoms with van der Waals surface area (Å²) >= 11 is 0. The van der Waals surface area contributed by atoms with Crippen LogP contribution in [-0.4, -0.2) is 32.8 Å². The molecule has 1 saturated carbocycles. The third-order valence-corrected chi connectivity index (χ3v) is 3.32. The fourth-order valence-electron chi connectivity index (χ4n) is 2.36. The molecule has 2 rings (SSSR count). The van der Waals surface area contributed by atoms with Crippen LogP contribution in [0.5, 0.6) is 0 Å². The number of aryl methyl sites for hydroxylation is 1. The van der Waals surface area contributed by atoms with E-state index in [4.69, 9.17) is 5.11 Å². The first-order valence-electron chi connectivity index (χ1n) is 6.15. The standard InChI is InChI=1S/C12H17N3O3/c1-15-10(9(7-13-15)12(17)18)11(16)14-8-5-3-2-4-6-8/h7-8H,2-6H2,1H3,(H,14,16)(H,17,18). The maximum atomic E-state index is 12.1. The quantitative estimate of drug-likeness (QED) is 0.844. The number of rotatable bonds is 3. The van der Waals surface area contributed by atoms with E-state index < -0.39 is 5.97 Å². The molecule has 0 radical (unpaired) electrons. The van der Waals surface area contributed by atoms with Crippen LogP contribution in [0.3, 0.4) is 0 Å². The number of aromatic nitrogens is 2. The van der Waals surface area contributed by atoms with E-state index in [-0.39, 0.29) is 23.2 Å². The minimum Gasteiger partial charge on any atom is -0.478 e. The Morgan fingerprint density at radius 1 is 1.39 bits per heavy atom. The van der Waals surface area contributed by atoms with Crippen molar-refractivity contribution in [3.8, 4) is 0 Å². The highest BCUT2D eigenvalue weighted by Gasteiger charge is 2.24. The number of nitrogens with one attached hydrogen (secondary N) is 1. The van der Waals surface area contributed by atoms with Gasteiger partial charge in [0.05, 0.1) is 6.20 Å². The fourth-order valence-corrected chi connectivity index (χ4v) is 2.36. The molecule has 0 unspecified atom stereocenters. The molecule has 18 heavy (non-hydrogen) atoms. The van der Waals surface area contributed by atoms with Crippen LogP contribution >= 0.6 is 0 Å². The van der Waals surface area contributed by atoms with Crippen LogP contribution in [0.1, 0.15) is 53.0 Å². The lowest BCUT2D eigenvalue weighted by Gasteiger charge is -2.22. The molecule has 0 aliphatic heterocycles. The van der Waals surface area contributed by atoms with Gasteiger partial charge in [-0.15, -0.1) is 0 Å². The van der Waals surface area contributed by atoms with E-state index in [0.29, 0.717) is 0 Å². The Morgan fingerprint density at radius 3 is 2.67 bits per heavy atom. The average molecular weight is 251 g/mol. The van der Waals surface area contributed by atoms with Gasteiger partial charge in [0.25, 0.3) is 5.91 Å². The first kappa shape index (κ1) is 12.6. The Bertz CT molecular complexity index is 461. The normalized spacial score (nSPS) is 16.5. The molecule has 1 aliphatic carbocycles. The zero-order valence-corrected chi connectivity index (χ0v) is 10.3. The van der Waals surface area contributed by atoms with Gasteiger partial charge in [-0.05, 0) is 12.8 Å². The van der Waals surface area contributed by atoms with Gasteiger partial charge in [-0.3, -0.25) is 9.48 Å². The topological polar surface area (TPSA) is 84.2 Å². The molecular formula is C12H17N3O3. The van der Waals surface area contributed by atoms with E-state index in [1.54, 1.807) is 7.05 Å². The van der Waals surface area contributed by atoms with E-state index >= 15 is 0 Å². The highest BCUT2D eigenvalue weighted by atomic mass is 16.4. The Morgan fingerprint density at radius 2 is 2.06 bits per heavy atom. The summed E-state index contributed by atoms with van der Waals surface area (Å²) in [6, 6.07) is 0.155. The number of carbonyl (C=O) groups is 2. The third kappa shape index (κ3) is 2.52. The van der Waals surface area contributed by atoms with Crippen molar-refractivity contribution in [2.75, 3.05) is 0 Å². The minimum atomic E-state index is -1.13. The Kier molecular flexibility index (Phi) is 3.64. The predicted octanol–water partition coefficient (Wildman–Crippen LogP) is 1.18. The van der Waals surface area contributed by atoms with E-state index in [0.717, 1.165) is 25.7 Å². The van der Waals surface area contributed by atoms with Gasteiger partial charge < -0.3 is 10.4 Å². The summed E-state index contributed by atoms with van der Waals surface area (Å²) < 4.78 is 1.31. The van der Waals surface area contributed by atoms with Crippen molar-refractivity contribution in [2.24, 2.45) is 7.05 Å². The molecule has 1 aliphatic rings. The number of carbonyl (C=O) groups excluding carboxylic acids is 1. The monoisotopic (exact) mass is 251 g/mol. The van der Waals surface area contributed by atoms with Crippen molar-refractivity contribution in [3.05, 3.63) is 17.5 Å². The number of carboxylic acid groups (broad SMARTS) is 1. The summed E-state index contributed by atoms with van der Waals surface area (Å²) in [5.41, 5.74) is 0.0684. The predicted molar refractivity (Wildman–Crippen MR) is 64.5 cm³/mol. The second-order valence-corrected chi connectivity index (χ2v) is 4.64. The molecule has 0 spiro atoms. The molecule has 98 valence electrons. The number of carboxylic acids is 1. The van der Waals surface area contributed by atoms with Crippen LogP contribution in [0.2, 0.25) is 0 Å². The first-order chi connectivity index (χ1) is 8.59.